The Hall–Kier alpha value is -2.08. The minimum absolute atomic E-state index is 0.355. The topological polar surface area (TPSA) is 52.5 Å². The predicted molar refractivity (Wildman–Crippen MR) is 62.8 cm³/mol. The van der Waals surface area contributed by atoms with E-state index < -0.39 is 0 Å². The van der Waals surface area contributed by atoms with Gasteiger partial charge in [0.15, 0.2) is 0 Å². The van der Waals surface area contributed by atoms with Crippen LogP contribution in [-0.4, -0.2) is 9.97 Å². The quantitative estimate of drug-likeness (QED) is 0.830. The van der Waals surface area contributed by atoms with Crippen molar-refractivity contribution in [3.8, 4) is 17.5 Å². The summed E-state index contributed by atoms with van der Waals surface area (Å²) in [6.07, 6.45) is 0.355. The number of aromatic amines is 1. The van der Waals surface area contributed by atoms with Gasteiger partial charge in [-0.25, -0.2) is 4.98 Å². The van der Waals surface area contributed by atoms with E-state index in [1.165, 1.54) is 5.56 Å². The summed E-state index contributed by atoms with van der Waals surface area (Å²) >= 11 is 0. The number of aromatic nitrogens is 2. The normalized spacial score (nSPS) is 10.1. The Morgan fingerprint density at radius 1 is 1.25 bits per heavy atom. The molecule has 0 saturated heterocycles. The Bertz CT molecular complexity index is 529. The molecule has 16 heavy (non-hydrogen) atoms. The Kier molecular flexibility index (Phi) is 2.74. The minimum Gasteiger partial charge on any atom is -0.342 e. The van der Waals surface area contributed by atoms with Crippen molar-refractivity contribution >= 4 is 0 Å². The molecule has 0 atom stereocenters. The van der Waals surface area contributed by atoms with Crippen molar-refractivity contribution in [3.05, 3.63) is 41.2 Å². The molecule has 2 rings (SSSR count). The maximum absolute atomic E-state index is 8.66. The molecule has 0 aliphatic carbocycles. The Balaban J connectivity index is 2.38. The minimum atomic E-state index is 0.355. The van der Waals surface area contributed by atoms with Gasteiger partial charge in [0.05, 0.1) is 18.2 Å². The van der Waals surface area contributed by atoms with Crippen molar-refractivity contribution in [3.63, 3.8) is 0 Å². The number of hydrogen-bond acceptors (Lipinski definition) is 2. The highest BCUT2D eigenvalue weighted by Gasteiger charge is 2.07. The highest BCUT2D eigenvalue weighted by molar-refractivity contribution is 5.56. The van der Waals surface area contributed by atoms with Crippen LogP contribution in [0.25, 0.3) is 11.4 Å². The predicted octanol–water partition coefficient (Wildman–Crippen LogP) is 2.76. The summed E-state index contributed by atoms with van der Waals surface area (Å²) in [6.45, 7) is 4.00. The fourth-order valence-corrected chi connectivity index (χ4v) is 1.59. The van der Waals surface area contributed by atoms with E-state index in [0.717, 1.165) is 22.8 Å². The zero-order valence-electron chi connectivity index (χ0n) is 9.41. The molecule has 1 aromatic heterocycles. The van der Waals surface area contributed by atoms with Crippen molar-refractivity contribution in [1.82, 2.24) is 9.97 Å². The summed E-state index contributed by atoms with van der Waals surface area (Å²) in [4.78, 5) is 7.62. The van der Waals surface area contributed by atoms with Gasteiger partial charge >= 0.3 is 0 Å². The molecule has 0 unspecified atom stereocenters. The molecule has 0 saturated carbocycles. The third-order valence-corrected chi connectivity index (χ3v) is 2.56. The smallest absolute Gasteiger partial charge is 0.137 e. The lowest BCUT2D eigenvalue weighted by Gasteiger charge is -1.96. The van der Waals surface area contributed by atoms with Gasteiger partial charge in [-0.15, -0.1) is 0 Å². The van der Waals surface area contributed by atoms with Crippen molar-refractivity contribution in [2.75, 3.05) is 0 Å². The SMILES string of the molecule is Cc1ccc(-c2nc(CC#N)c(C)[nH]2)cc1. The van der Waals surface area contributed by atoms with E-state index in [9.17, 15) is 0 Å². The van der Waals surface area contributed by atoms with Crippen LogP contribution < -0.4 is 0 Å². The molecule has 0 spiro atoms. The maximum atomic E-state index is 8.66. The Morgan fingerprint density at radius 2 is 1.94 bits per heavy atom. The summed E-state index contributed by atoms with van der Waals surface area (Å²) in [5.74, 6) is 0.836. The van der Waals surface area contributed by atoms with Crippen LogP contribution in [0.3, 0.4) is 0 Å². The van der Waals surface area contributed by atoms with Crippen LogP contribution in [-0.2, 0) is 6.42 Å². The highest BCUT2D eigenvalue weighted by Crippen LogP contribution is 2.18. The number of nitrogens with one attached hydrogen (secondary N) is 1. The summed E-state index contributed by atoms with van der Waals surface area (Å²) < 4.78 is 0. The van der Waals surface area contributed by atoms with Crippen molar-refractivity contribution in [2.45, 2.75) is 20.3 Å². The van der Waals surface area contributed by atoms with Gasteiger partial charge < -0.3 is 4.98 Å². The second kappa shape index (κ2) is 4.19. The van der Waals surface area contributed by atoms with Gasteiger partial charge in [-0.1, -0.05) is 29.8 Å². The third kappa shape index (κ3) is 1.96. The van der Waals surface area contributed by atoms with Gasteiger partial charge in [-0.05, 0) is 13.8 Å². The van der Waals surface area contributed by atoms with Crippen molar-refractivity contribution < 1.29 is 0 Å². The lowest BCUT2D eigenvalue weighted by molar-refractivity contribution is 1.12. The lowest BCUT2D eigenvalue weighted by atomic mass is 10.1. The molecule has 1 N–H and O–H groups in total. The molecule has 1 aromatic carbocycles. The van der Waals surface area contributed by atoms with Crippen LogP contribution in [0, 0.1) is 25.2 Å². The molecule has 3 heteroatoms. The number of benzene rings is 1. The zero-order valence-corrected chi connectivity index (χ0v) is 9.41. The van der Waals surface area contributed by atoms with Crippen LogP contribution in [0.5, 0.6) is 0 Å². The first-order valence-electron chi connectivity index (χ1n) is 5.20. The first-order chi connectivity index (χ1) is 7.70. The summed E-state index contributed by atoms with van der Waals surface area (Å²) in [5, 5.41) is 8.66. The average Bonchev–Trinajstić information content (AvgIpc) is 2.62. The van der Waals surface area contributed by atoms with E-state index in [2.05, 4.69) is 35.1 Å². The standard InChI is InChI=1S/C13H13N3/c1-9-3-5-11(6-4-9)13-15-10(2)12(16-13)7-8-14/h3-6H,7H2,1-2H3,(H,15,16). The molecule has 0 radical (unpaired) electrons. The number of imidazole rings is 1. The lowest BCUT2D eigenvalue weighted by Crippen LogP contribution is -1.84. The molecule has 0 fully saturated rings. The average molecular weight is 211 g/mol. The molecular weight excluding hydrogens is 198 g/mol. The fraction of sp³-hybridized carbons (Fsp3) is 0.231. The highest BCUT2D eigenvalue weighted by atomic mass is 14.9. The van der Waals surface area contributed by atoms with Crippen LogP contribution in [0.15, 0.2) is 24.3 Å². The molecule has 80 valence electrons. The maximum Gasteiger partial charge on any atom is 0.137 e. The molecule has 0 aliphatic rings. The van der Waals surface area contributed by atoms with Crippen LogP contribution in [0.1, 0.15) is 17.0 Å². The number of rotatable bonds is 2. The molecular formula is C13H13N3. The summed E-state index contributed by atoms with van der Waals surface area (Å²) in [6, 6.07) is 10.3. The molecule has 3 nitrogen and oxygen atoms in total. The van der Waals surface area contributed by atoms with Gasteiger partial charge in [0.2, 0.25) is 0 Å². The van der Waals surface area contributed by atoms with E-state index >= 15 is 0 Å². The molecule has 0 aliphatic heterocycles. The van der Waals surface area contributed by atoms with Crippen LogP contribution in [0.4, 0.5) is 0 Å². The second-order valence-electron chi connectivity index (χ2n) is 3.86. The molecule has 0 amide bonds. The number of H-pyrrole nitrogens is 1. The molecule has 2 aromatic rings. The number of nitriles is 1. The van der Waals surface area contributed by atoms with E-state index in [1.54, 1.807) is 0 Å². The first-order valence-corrected chi connectivity index (χ1v) is 5.20. The summed E-state index contributed by atoms with van der Waals surface area (Å²) in [7, 11) is 0. The van der Waals surface area contributed by atoms with Gasteiger partial charge in [0.25, 0.3) is 0 Å². The third-order valence-electron chi connectivity index (χ3n) is 2.56. The van der Waals surface area contributed by atoms with Gasteiger partial charge in [-0.3, -0.25) is 0 Å². The van der Waals surface area contributed by atoms with Crippen molar-refractivity contribution in [1.29, 1.82) is 5.26 Å². The fourth-order valence-electron chi connectivity index (χ4n) is 1.59. The van der Waals surface area contributed by atoms with Crippen LogP contribution in [0.2, 0.25) is 0 Å². The number of hydrogen-bond donors (Lipinski definition) is 1. The largest absolute Gasteiger partial charge is 0.342 e. The van der Waals surface area contributed by atoms with E-state index in [4.69, 9.17) is 5.26 Å². The van der Waals surface area contributed by atoms with Crippen LogP contribution >= 0.6 is 0 Å². The van der Waals surface area contributed by atoms with Gasteiger partial charge in [0, 0.05) is 11.3 Å². The molecule has 1 heterocycles. The van der Waals surface area contributed by atoms with Gasteiger partial charge in [0.1, 0.15) is 5.82 Å². The monoisotopic (exact) mass is 211 g/mol. The number of aryl methyl sites for hydroxylation is 2. The zero-order chi connectivity index (χ0) is 11.5. The molecule has 0 bridgehead atoms. The van der Waals surface area contributed by atoms with E-state index in [1.807, 2.05) is 19.1 Å². The number of nitrogens with zero attached hydrogens (tertiary/aromatic N) is 2. The Morgan fingerprint density at radius 3 is 2.56 bits per heavy atom. The van der Waals surface area contributed by atoms with Gasteiger partial charge in [-0.2, -0.15) is 5.26 Å². The summed E-state index contributed by atoms with van der Waals surface area (Å²) in [5.41, 5.74) is 4.08. The second-order valence-corrected chi connectivity index (χ2v) is 3.86. The van der Waals surface area contributed by atoms with E-state index in [-0.39, 0.29) is 0 Å². The van der Waals surface area contributed by atoms with E-state index in [0.29, 0.717) is 6.42 Å². The Labute approximate surface area is 94.8 Å². The first kappa shape index (κ1) is 10.4. The van der Waals surface area contributed by atoms with Crippen molar-refractivity contribution in [2.24, 2.45) is 0 Å².